The predicted octanol–water partition coefficient (Wildman–Crippen LogP) is 2.54. The van der Waals surface area contributed by atoms with E-state index in [4.69, 9.17) is 0 Å². The van der Waals surface area contributed by atoms with Crippen molar-refractivity contribution in [2.24, 2.45) is 0 Å². The number of aromatic amines is 1. The molecule has 1 amide bonds. The van der Waals surface area contributed by atoms with Crippen LogP contribution in [0, 0.1) is 0 Å². The van der Waals surface area contributed by atoms with Crippen LogP contribution < -0.4 is 5.32 Å². The molecule has 20 heavy (non-hydrogen) atoms. The van der Waals surface area contributed by atoms with E-state index in [9.17, 15) is 9.18 Å². The fraction of sp³-hybridized carbons (Fsp3) is 0.462. The van der Waals surface area contributed by atoms with Gasteiger partial charge in [0.2, 0.25) is 0 Å². The first-order valence-corrected chi connectivity index (χ1v) is 7.51. The minimum atomic E-state index is -0.946. The van der Waals surface area contributed by atoms with E-state index in [-0.39, 0.29) is 11.9 Å². The van der Waals surface area contributed by atoms with Crippen LogP contribution in [-0.2, 0) is 0 Å². The minimum absolute atomic E-state index is 0.304. The average molecular weight is 294 g/mol. The number of imidazole rings is 1. The Bertz CT molecular complexity index is 583. The third kappa shape index (κ3) is 2.72. The molecule has 0 saturated heterocycles. The Balaban J connectivity index is 1.68. The minimum Gasteiger partial charge on any atom is -0.345 e. The Hall–Kier alpha value is -1.76. The van der Waals surface area contributed by atoms with Crippen LogP contribution in [0.25, 0.3) is 10.7 Å². The van der Waals surface area contributed by atoms with Gasteiger partial charge in [-0.05, 0) is 12.8 Å². The van der Waals surface area contributed by atoms with Crippen LogP contribution in [0.3, 0.4) is 0 Å². The number of nitrogens with one attached hydrogen (secondary N) is 2. The van der Waals surface area contributed by atoms with E-state index in [1.165, 1.54) is 11.3 Å². The highest BCUT2D eigenvalue weighted by atomic mass is 32.1. The molecular formula is C13H15FN4OS. The number of aromatic nitrogens is 3. The van der Waals surface area contributed by atoms with Crippen LogP contribution in [-0.4, -0.2) is 33.1 Å². The molecule has 1 fully saturated rings. The van der Waals surface area contributed by atoms with Crippen molar-refractivity contribution in [3.8, 4) is 10.7 Å². The quantitative estimate of drug-likeness (QED) is 0.914. The molecule has 2 aromatic heterocycles. The molecule has 1 aliphatic rings. The zero-order chi connectivity index (χ0) is 13.9. The normalized spacial score (nSPS) is 22.6. The highest BCUT2D eigenvalue weighted by Crippen LogP contribution is 2.23. The van der Waals surface area contributed by atoms with E-state index in [2.05, 4.69) is 20.3 Å². The Morgan fingerprint density at radius 1 is 1.45 bits per heavy atom. The van der Waals surface area contributed by atoms with Crippen molar-refractivity contribution < 1.29 is 9.18 Å². The first-order valence-electron chi connectivity index (χ1n) is 6.63. The van der Waals surface area contributed by atoms with Crippen LogP contribution >= 0.6 is 11.3 Å². The van der Waals surface area contributed by atoms with Crippen LogP contribution in [0.2, 0.25) is 0 Å². The average Bonchev–Trinajstić information content (AvgIpc) is 3.11. The van der Waals surface area contributed by atoms with E-state index in [0.29, 0.717) is 23.5 Å². The summed E-state index contributed by atoms with van der Waals surface area (Å²) in [5.41, 5.74) is 1.10. The maximum absolute atomic E-state index is 13.7. The second kappa shape index (κ2) is 5.70. The summed E-state index contributed by atoms with van der Waals surface area (Å²) in [6.45, 7) is 0. The standard InChI is InChI=1S/C13H15FN4OS/c14-8-3-1-2-4-9(8)17-12(19)11-6-20-13(18-11)10-5-15-7-16-10/h5-9H,1-4H2,(H,15,16)(H,17,19)/t8-,9+/m1/s1. The van der Waals surface area contributed by atoms with Gasteiger partial charge in [-0.2, -0.15) is 0 Å². The summed E-state index contributed by atoms with van der Waals surface area (Å²) in [6.07, 6.45) is 5.35. The molecule has 0 aliphatic heterocycles. The molecular weight excluding hydrogens is 279 g/mol. The summed E-state index contributed by atoms with van der Waals surface area (Å²) in [5, 5.41) is 5.13. The number of carbonyl (C=O) groups is 1. The van der Waals surface area contributed by atoms with Gasteiger partial charge in [-0.3, -0.25) is 4.79 Å². The van der Waals surface area contributed by atoms with E-state index in [0.717, 1.165) is 18.5 Å². The lowest BCUT2D eigenvalue weighted by molar-refractivity contribution is 0.0880. The van der Waals surface area contributed by atoms with Crippen LogP contribution in [0.1, 0.15) is 36.2 Å². The molecule has 0 spiro atoms. The summed E-state index contributed by atoms with van der Waals surface area (Å²) >= 11 is 1.36. The molecule has 0 radical (unpaired) electrons. The number of alkyl halides is 1. The Labute approximate surface area is 119 Å². The molecule has 2 heterocycles. The maximum atomic E-state index is 13.7. The Morgan fingerprint density at radius 2 is 2.30 bits per heavy atom. The van der Waals surface area contributed by atoms with Crippen molar-refractivity contribution in [3.05, 3.63) is 23.6 Å². The third-order valence-corrected chi connectivity index (χ3v) is 4.34. The van der Waals surface area contributed by atoms with Gasteiger partial charge in [0, 0.05) is 5.38 Å². The number of carbonyl (C=O) groups excluding carboxylic acids is 1. The number of H-pyrrole nitrogens is 1. The van der Waals surface area contributed by atoms with Gasteiger partial charge in [0.05, 0.1) is 24.3 Å². The molecule has 2 atom stereocenters. The van der Waals surface area contributed by atoms with Crippen molar-refractivity contribution in [3.63, 3.8) is 0 Å². The molecule has 5 nitrogen and oxygen atoms in total. The number of hydrogen-bond donors (Lipinski definition) is 2. The van der Waals surface area contributed by atoms with Crippen molar-refractivity contribution in [2.75, 3.05) is 0 Å². The third-order valence-electron chi connectivity index (χ3n) is 3.46. The highest BCUT2D eigenvalue weighted by molar-refractivity contribution is 7.13. The van der Waals surface area contributed by atoms with Gasteiger partial charge in [-0.1, -0.05) is 12.8 Å². The molecule has 106 valence electrons. The van der Waals surface area contributed by atoms with Gasteiger partial charge in [-0.25, -0.2) is 14.4 Å². The van der Waals surface area contributed by atoms with Gasteiger partial charge >= 0.3 is 0 Å². The lowest BCUT2D eigenvalue weighted by atomic mass is 9.93. The molecule has 3 rings (SSSR count). The van der Waals surface area contributed by atoms with Crippen molar-refractivity contribution in [1.82, 2.24) is 20.3 Å². The van der Waals surface area contributed by atoms with Gasteiger partial charge in [0.1, 0.15) is 16.9 Å². The fourth-order valence-corrected chi connectivity index (χ4v) is 3.14. The molecule has 2 N–H and O–H groups in total. The topological polar surface area (TPSA) is 70.7 Å². The van der Waals surface area contributed by atoms with Crippen molar-refractivity contribution >= 4 is 17.2 Å². The SMILES string of the molecule is O=C(N[C@H]1CCCC[C@H]1F)c1csc(-c2cnc[nH]2)n1. The largest absolute Gasteiger partial charge is 0.345 e. The van der Waals surface area contributed by atoms with Gasteiger partial charge < -0.3 is 10.3 Å². The fourth-order valence-electron chi connectivity index (χ4n) is 2.37. The monoisotopic (exact) mass is 294 g/mol. The van der Waals surface area contributed by atoms with Gasteiger partial charge in [0.15, 0.2) is 0 Å². The molecule has 7 heteroatoms. The molecule has 1 saturated carbocycles. The summed E-state index contributed by atoms with van der Waals surface area (Å²) in [7, 11) is 0. The number of nitrogens with zero attached hydrogens (tertiary/aromatic N) is 2. The smallest absolute Gasteiger partial charge is 0.271 e. The Kier molecular flexibility index (Phi) is 3.77. The van der Waals surface area contributed by atoms with E-state index in [1.807, 2.05) is 0 Å². The van der Waals surface area contributed by atoms with Gasteiger partial charge in [-0.15, -0.1) is 11.3 Å². The first kappa shape index (κ1) is 13.2. The zero-order valence-corrected chi connectivity index (χ0v) is 11.6. The highest BCUT2D eigenvalue weighted by Gasteiger charge is 2.27. The van der Waals surface area contributed by atoms with Crippen molar-refractivity contribution in [1.29, 1.82) is 0 Å². The Morgan fingerprint density at radius 3 is 3.05 bits per heavy atom. The van der Waals surface area contributed by atoms with E-state index < -0.39 is 6.17 Å². The molecule has 2 aromatic rings. The zero-order valence-electron chi connectivity index (χ0n) is 10.8. The summed E-state index contributed by atoms with van der Waals surface area (Å²) < 4.78 is 13.7. The van der Waals surface area contributed by atoms with Crippen molar-refractivity contribution in [2.45, 2.75) is 37.9 Å². The number of thiazole rings is 1. The van der Waals surface area contributed by atoms with Crippen LogP contribution in [0.15, 0.2) is 17.9 Å². The van der Waals surface area contributed by atoms with E-state index in [1.54, 1.807) is 17.9 Å². The molecule has 0 aromatic carbocycles. The van der Waals surface area contributed by atoms with E-state index >= 15 is 0 Å². The maximum Gasteiger partial charge on any atom is 0.271 e. The van der Waals surface area contributed by atoms with Crippen LogP contribution in [0.4, 0.5) is 4.39 Å². The lowest BCUT2D eigenvalue weighted by Crippen LogP contribution is -2.43. The first-order chi connectivity index (χ1) is 9.74. The molecule has 0 unspecified atom stereocenters. The number of amides is 1. The second-order valence-electron chi connectivity index (χ2n) is 4.88. The molecule has 1 aliphatic carbocycles. The summed E-state index contributed by atoms with van der Waals surface area (Å²) in [6, 6.07) is -0.381. The second-order valence-corrected chi connectivity index (χ2v) is 5.74. The summed E-state index contributed by atoms with van der Waals surface area (Å²) in [4.78, 5) is 23.2. The van der Waals surface area contributed by atoms with Crippen LogP contribution in [0.5, 0.6) is 0 Å². The number of rotatable bonds is 3. The number of halogens is 1. The lowest BCUT2D eigenvalue weighted by Gasteiger charge is -2.26. The number of hydrogen-bond acceptors (Lipinski definition) is 4. The predicted molar refractivity (Wildman–Crippen MR) is 74.3 cm³/mol. The molecule has 0 bridgehead atoms. The van der Waals surface area contributed by atoms with Gasteiger partial charge in [0.25, 0.3) is 5.91 Å². The summed E-state index contributed by atoms with van der Waals surface area (Å²) in [5.74, 6) is -0.304.